The second-order valence-corrected chi connectivity index (χ2v) is 7.67. The Hall–Kier alpha value is -2.49. The van der Waals surface area contributed by atoms with Crippen molar-refractivity contribution in [1.29, 1.82) is 0 Å². The normalized spacial score (nSPS) is 13.6. The SMILES string of the molecule is CN=C(NCc1cccc(CN2CCCC2=O)c1)N(C)Cc1ccc(OC)cc1OC.I. The summed E-state index contributed by atoms with van der Waals surface area (Å²) in [6, 6.07) is 14.2. The molecule has 7 nitrogen and oxygen atoms in total. The number of nitrogens with one attached hydrogen (secondary N) is 1. The molecule has 1 aliphatic rings. The van der Waals surface area contributed by atoms with Gasteiger partial charge < -0.3 is 24.6 Å². The Balaban J connectivity index is 0.00000363. The van der Waals surface area contributed by atoms with E-state index in [1.165, 1.54) is 0 Å². The number of ether oxygens (including phenoxy) is 2. The van der Waals surface area contributed by atoms with Gasteiger partial charge in [-0.2, -0.15) is 0 Å². The van der Waals surface area contributed by atoms with Gasteiger partial charge in [-0.1, -0.05) is 24.3 Å². The van der Waals surface area contributed by atoms with Crippen molar-refractivity contribution in [3.05, 3.63) is 59.2 Å². The lowest BCUT2D eigenvalue weighted by molar-refractivity contribution is -0.128. The van der Waals surface area contributed by atoms with Crippen LogP contribution >= 0.6 is 24.0 Å². The number of guanidine groups is 1. The van der Waals surface area contributed by atoms with E-state index in [9.17, 15) is 4.79 Å². The zero-order valence-corrected chi connectivity index (χ0v) is 21.6. The Bertz CT molecular complexity index is 935. The van der Waals surface area contributed by atoms with Crippen LogP contribution in [0, 0.1) is 0 Å². The number of likely N-dealkylation sites (tertiary alicyclic amines) is 1. The lowest BCUT2D eigenvalue weighted by atomic mass is 10.1. The molecule has 2 aromatic rings. The maximum Gasteiger partial charge on any atom is 0.222 e. The third-order valence-corrected chi connectivity index (χ3v) is 5.46. The molecule has 1 heterocycles. The third-order valence-electron chi connectivity index (χ3n) is 5.46. The van der Waals surface area contributed by atoms with Gasteiger partial charge in [-0.15, -0.1) is 24.0 Å². The largest absolute Gasteiger partial charge is 0.497 e. The zero-order valence-electron chi connectivity index (χ0n) is 19.3. The highest BCUT2D eigenvalue weighted by Gasteiger charge is 2.20. The third kappa shape index (κ3) is 6.75. The molecule has 1 N–H and O–H groups in total. The quantitative estimate of drug-likeness (QED) is 0.308. The van der Waals surface area contributed by atoms with Crippen LogP contribution in [0.25, 0.3) is 0 Å². The molecule has 0 atom stereocenters. The van der Waals surface area contributed by atoms with E-state index in [0.29, 0.717) is 26.1 Å². The molecule has 8 heteroatoms. The molecule has 2 aromatic carbocycles. The first kappa shape index (κ1) is 25.8. The molecule has 1 amide bonds. The van der Waals surface area contributed by atoms with Crippen LogP contribution in [0.2, 0.25) is 0 Å². The van der Waals surface area contributed by atoms with Crippen LogP contribution < -0.4 is 14.8 Å². The highest BCUT2D eigenvalue weighted by atomic mass is 127. The average Bonchev–Trinajstić information content (AvgIpc) is 3.19. The fraction of sp³-hybridized carbons (Fsp3) is 0.417. The molecule has 1 aliphatic heterocycles. The van der Waals surface area contributed by atoms with Gasteiger partial charge in [0.25, 0.3) is 0 Å². The van der Waals surface area contributed by atoms with Crippen LogP contribution in [0.1, 0.15) is 29.5 Å². The molecule has 0 spiro atoms. The van der Waals surface area contributed by atoms with Crippen molar-refractivity contribution < 1.29 is 14.3 Å². The number of carbonyl (C=O) groups excluding carboxylic acids is 1. The molecular formula is C24H33IN4O3. The van der Waals surface area contributed by atoms with Crippen molar-refractivity contribution in [1.82, 2.24) is 15.1 Å². The minimum Gasteiger partial charge on any atom is -0.497 e. The van der Waals surface area contributed by atoms with Crippen LogP contribution in [-0.4, -0.2) is 56.5 Å². The second-order valence-electron chi connectivity index (χ2n) is 7.67. The molecule has 174 valence electrons. The molecule has 0 aliphatic carbocycles. The first-order valence-corrected chi connectivity index (χ1v) is 10.5. The van der Waals surface area contributed by atoms with Gasteiger partial charge in [0.15, 0.2) is 5.96 Å². The summed E-state index contributed by atoms with van der Waals surface area (Å²) in [5.41, 5.74) is 3.35. The smallest absolute Gasteiger partial charge is 0.222 e. The average molecular weight is 552 g/mol. The lowest BCUT2D eigenvalue weighted by Gasteiger charge is -2.23. The maximum absolute atomic E-state index is 11.9. The van der Waals surface area contributed by atoms with Crippen molar-refractivity contribution in [2.75, 3.05) is 34.9 Å². The number of benzene rings is 2. The molecule has 0 bridgehead atoms. The number of carbonyl (C=O) groups is 1. The van der Waals surface area contributed by atoms with E-state index >= 15 is 0 Å². The number of methoxy groups -OCH3 is 2. The van der Waals surface area contributed by atoms with Gasteiger partial charge in [-0.25, -0.2) is 0 Å². The maximum atomic E-state index is 11.9. The molecule has 32 heavy (non-hydrogen) atoms. The molecular weight excluding hydrogens is 519 g/mol. The zero-order chi connectivity index (χ0) is 22.2. The van der Waals surface area contributed by atoms with Gasteiger partial charge in [0.1, 0.15) is 11.5 Å². The van der Waals surface area contributed by atoms with Crippen molar-refractivity contribution in [2.45, 2.75) is 32.5 Å². The monoisotopic (exact) mass is 552 g/mol. The summed E-state index contributed by atoms with van der Waals surface area (Å²) in [6.07, 6.45) is 1.63. The van der Waals surface area contributed by atoms with Gasteiger partial charge in [-0.3, -0.25) is 9.79 Å². The Morgan fingerprint density at radius 3 is 2.59 bits per heavy atom. The van der Waals surface area contributed by atoms with E-state index in [2.05, 4.69) is 33.4 Å². The summed E-state index contributed by atoms with van der Waals surface area (Å²) in [7, 11) is 7.08. The van der Waals surface area contributed by atoms with Crippen LogP contribution in [0.5, 0.6) is 11.5 Å². The lowest BCUT2D eigenvalue weighted by Crippen LogP contribution is -2.38. The predicted octanol–water partition coefficient (Wildman–Crippen LogP) is 3.65. The van der Waals surface area contributed by atoms with Crippen LogP contribution in [0.4, 0.5) is 0 Å². The van der Waals surface area contributed by atoms with Crippen molar-refractivity contribution in [3.63, 3.8) is 0 Å². The number of aliphatic imine (C=N–C) groups is 1. The molecule has 0 saturated carbocycles. The van der Waals surface area contributed by atoms with E-state index in [0.717, 1.165) is 47.1 Å². The van der Waals surface area contributed by atoms with Gasteiger partial charge in [0.05, 0.1) is 14.2 Å². The molecule has 0 unspecified atom stereocenters. The van der Waals surface area contributed by atoms with Crippen molar-refractivity contribution in [3.8, 4) is 11.5 Å². The molecule has 3 rings (SSSR count). The van der Waals surface area contributed by atoms with Gasteiger partial charge in [0.2, 0.25) is 5.91 Å². The van der Waals surface area contributed by atoms with E-state index in [1.54, 1.807) is 21.3 Å². The Labute approximate surface area is 207 Å². The number of rotatable bonds is 8. The summed E-state index contributed by atoms with van der Waals surface area (Å²) in [5.74, 6) is 2.59. The van der Waals surface area contributed by atoms with Crippen molar-refractivity contribution in [2.24, 2.45) is 4.99 Å². The summed E-state index contributed by atoms with van der Waals surface area (Å²) < 4.78 is 10.8. The fourth-order valence-electron chi connectivity index (χ4n) is 3.81. The minimum atomic E-state index is 0. The number of amides is 1. The fourth-order valence-corrected chi connectivity index (χ4v) is 3.81. The second kappa shape index (κ2) is 12.5. The first-order chi connectivity index (χ1) is 15.0. The summed E-state index contributed by atoms with van der Waals surface area (Å²) >= 11 is 0. The number of hydrogen-bond donors (Lipinski definition) is 1. The van der Waals surface area contributed by atoms with Gasteiger partial charge in [0, 0.05) is 58.3 Å². The summed E-state index contributed by atoms with van der Waals surface area (Å²) in [4.78, 5) is 20.3. The van der Waals surface area contributed by atoms with E-state index in [-0.39, 0.29) is 29.9 Å². The van der Waals surface area contributed by atoms with E-state index in [1.807, 2.05) is 36.2 Å². The highest BCUT2D eigenvalue weighted by molar-refractivity contribution is 14.0. The Kier molecular flexibility index (Phi) is 10.1. The number of hydrogen-bond acceptors (Lipinski definition) is 4. The molecule has 1 saturated heterocycles. The van der Waals surface area contributed by atoms with E-state index < -0.39 is 0 Å². The Morgan fingerprint density at radius 2 is 1.94 bits per heavy atom. The van der Waals surface area contributed by atoms with Crippen LogP contribution in [0.3, 0.4) is 0 Å². The molecule has 1 fully saturated rings. The summed E-state index contributed by atoms with van der Waals surface area (Å²) in [5, 5.41) is 3.43. The van der Waals surface area contributed by atoms with Crippen LogP contribution in [0.15, 0.2) is 47.5 Å². The standard InChI is InChI=1S/C24H32N4O3.HI/c1-25-24(27(2)17-20-10-11-21(30-3)14-22(20)31-4)26-15-18-7-5-8-19(13-18)16-28-12-6-9-23(28)29;/h5,7-8,10-11,13-14H,6,9,12,15-17H2,1-4H3,(H,25,26);1H. The topological polar surface area (TPSA) is 66.4 Å². The highest BCUT2D eigenvalue weighted by Crippen LogP contribution is 2.25. The van der Waals surface area contributed by atoms with Crippen molar-refractivity contribution >= 4 is 35.8 Å². The first-order valence-electron chi connectivity index (χ1n) is 10.5. The summed E-state index contributed by atoms with van der Waals surface area (Å²) in [6.45, 7) is 2.83. The van der Waals surface area contributed by atoms with E-state index in [4.69, 9.17) is 9.47 Å². The Morgan fingerprint density at radius 1 is 1.16 bits per heavy atom. The predicted molar refractivity (Wildman–Crippen MR) is 138 cm³/mol. The molecule has 0 radical (unpaired) electrons. The minimum absolute atomic E-state index is 0. The van der Waals surface area contributed by atoms with Gasteiger partial charge >= 0.3 is 0 Å². The van der Waals surface area contributed by atoms with Crippen LogP contribution in [-0.2, 0) is 24.4 Å². The number of nitrogens with zero attached hydrogens (tertiary/aromatic N) is 3. The molecule has 0 aromatic heterocycles. The van der Waals surface area contributed by atoms with Gasteiger partial charge in [-0.05, 0) is 29.7 Å². The number of halogens is 1.